The molecule has 1 atom stereocenters. The van der Waals surface area contributed by atoms with E-state index in [4.69, 9.17) is 4.74 Å². The number of hydrogen-bond donors (Lipinski definition) is 1. The predicted octanol–water partition coefficient (Wildman–Crippen LogP) is 2.61. The van der Waals surface area contributed by atoms with E-state index >= 15 is 0 Å². The lowest BCUT2D eigenvalue weighted by molar-refractivity contribution is -0.117. The van der Waals surface area contributed by atoms with Crippen molar-refractivity contribution in [3.05, 3.63) is 40.4 Å². The first-order chi connectivity index (χ1) is 8.11. The van der Waals surface area contributed by atoms with Crippen molar-refractivity contribution in [2.75, 3.05) is 13.7 Å². The van der Waals surface area contributed by atoms with Crippen LogP contribution in [0.1, 0.15) is 12.5 Å². The van der Waals surface area contributed by atoms with Gasteiger partial charge in [-0.3, -0.25) is 4.79 Å². The van der Waals surface area contributed by atoms with Gasteiger partial charge in [-0.25, -0.2) is 0 Å². The number of halogens is 1. The van der Waals surface area contributed by atoms with Gasteiger partial charge in [-0.1, -0.05) is 28.1 Å². The van der Waals surface area contributed by atoms with E-state index in [1.165, 1.54) is 6.08 Å². The molecule has 0 radical (unpaired) electrons. The van der Waals surface area contributed by atoms with Crippen molar-refractivity contribution < 1.29 is 9.53 Å². The van der Waals surface area contributed by atoms with Crippen LogP contribution in [0.5, 0.6) is 0 Å². The zero-order chi connectivity index (χ0) is 12.7. The molecule has 0 aliphatic rings. The monoisotopic (exact) mass is 297 g/mol. The van der Waals surface area contributed by atoms with Gasteiger partial charge in [0.25, 0.3) is 0 Å². The number of ether oxygens (including phenoxy) is 1. The van der Waals surface area contributed by atoms with E-state index in [9.17, 15) is 4.79 Å². The van der Waals surface area contributed by atoms with E-state index in [1.807, 2.05) is 31.2 Å². The Labute approximate surface area is 110 Å². The molecule has 1 amide bonds. The topological polar surface area (TPSA) is 38.3 Å². The van der Waals surface area contributed by atoms with E-state index in [0.717, 1.165) is 10.0 Å². The standard InChI is InChI=1S/C13H16BrNO2/c1-10(9-17-2)15-13(16)7-6-11-4-3-5-12(14)8-11/h3-8,10H,9H2,1-2H3,(H,15,16)/b7-6+/t10-/m1/s1. The highest BCUT2D eigenvalue weighted by Crippen LogP contribution is 2.12. The normalized spacial score (nSPS) is 12.6. The molecular formula is C13H16BrNO2. The number of hydrogen-bond acceptors (Lipinski definition) is 2. The van der Waals surface area contributed by atoms with Crippen LogP contribution in [0.15, 0.2) is 34.8 Å². The lowest BCUT2D eigenvalue weighted by atomic mass is 10.2. The molecule has 0 heterocycles. The van der Waals surface area contributed by atoms with Gasteiger partial charge in [0.2, 0.25) is 5.91 Å². The Kier molecular flexibility index (Phi) is 5.94. The van der Waals surface area contributed by atoms with Crippen LogP contribution in [0.3, 0.4) is 0 Å². The maximum absolute atomic E-state index is 11.5. The van der Waals surface area contributed by atoms with Crippen LogP contribution in [0, 0.1) is 0 Å². The summed E-state index contributed by atoms with van der Waals surface area (Å²) in [5, 5.41) is 2.80. The molecule has 0 bridgehead atoms. The fourth-order valence-corrected chi connectivity index (χ4v) is 1.78. The molecule has 0 saturated carbocycles. The summed E-state index contributed by atoms with van der Waals surface area (Å²) in [6.07, 6.45) is 3.30. The zero-order valence-corrected chi connectivity index (χ0v) is 11.5. The van der Waals surface area contributed by atoms with Crippen molar-refractivity contribution >= 4 is 27.9 Å². The predicted molar refractivity (Wildman–Crippen MR) is 72.7 cm³/mol. The van der Waals surface area contributed by atoms with E-state index in [-0.39, 0.29) is 11.9 Å². The third kappa shape index (κ3) is 5.65. The number of carbonyl (C=O) groups excluding carboxylic acids is 1. The van der Waals surface area contributed by atoms with Crippen LogP contribution in [0.2, 0.25) is 0 Å². The highest BCUT2D eigenvalue weighted by molar-refractivity contribution is 9.10. The first-order valence-electron chi connectivity index (χ1n) is 5.35. The number of methoxy groups -OCH3 is 1. The second-order valence-electron chi connectivity index (χ2n) is 3.75. The average molecular weight is 298 g/mol. The summed E-state index contributed by atoms with van der Waals surface area (Å²) in [6, 6.07) is 7.77. The van der Waals surface area contributed by atoms with Gasteiger partial charge in [-0.2, -0.15) is 0 Å². The minimum Gasteiger partial charge on any atom is -0.383 e. The molecule has 92 valence electrons. The summed E-state index contributed by atoms with van der Waals surface area (Å²) in [5.74, 6) is -0.116. The molecule has 0 aliphatic carbocycles. The lowest BCUT2D eigenvalue weighted by Crippen LogP contribution is -2.34. The minimum atomic E-state index is -0.116. The number of benzene rings is 1. The second kappa shape index (κ2) is 7.25. The van der Waals surface area contributed by atoms with E-state index in [0.29, 0.717) is 6.61 Å². The van der Waals surface area contributed by atoms with Crippen molar-refractivity contribution in [2.45, 2.75) is 13.0 Å². The smallest absolute Gasteiger partial charge is 0.244 e. The van der Waals surface area contributed by atoms with Crippen LogP contribution in [-0.4, -0.2) is 25.7 Å². The summed E-state index contributed by atoms with van der Waals surface area (Å²) >= 11 is 3.38. The van der Waals surface area contributed by atoms with Crippen LogP contribution in [-0.2, 0) is 9.53 Å². The van der Waals surface area contributed by atoms with E-state index < -0.39 is 0 Å². The number of carbonyl (C=O) groups is 1. The summed E-state index contributed by atoms with van der Waals surface area (Å²) in [5.41, 5.74) is 0.980. The molecular weight excluding hydrogens is 282 g/mol. The average Bonchev–Trinajstić information content (AvgIpc) is 2.27. The van der Waals surface area contributed by atoms with Crippen LogP contribution in [0.25, 0.3) is 6.08 Å². The van der Waals surface area contributed by atoms with Gasteiger partial charge in [-0.05, 0) is 30.7 Å². The Bertz CT molecular complexity index is 404. The van der Waals surface area contributed by atoms with Gasteiger partial charge >= 0.3 is 0 Å². The van der Waals surface area contributed by atoms with Crippen LogP contribution < -0.4 is 5.32 Å². The Morgan fingerprint density at radius 3 is 3.00 bits per heavy atom. The molecule has 1 rings (SSSR count). The number of amides is 1. The molecule has 0 saturated heterocycles. The zero-order valence-electron chi connectivity index (χ0n) is 9.94. The fraction of sp³-hybridized carbons (Fsp3) is 0.308. The SMILES string of the molecule is COC[C@@H](C)NC(=O)/C=C/c1cccc(Br)c1. The highest BCUT2D eigenvalue weighted by atomic mass is 79.9. The molecule has 0 aromatic heterocycles. The van der Waals surface area contributed by atoms with Gasteiger partial charge in [0.05, 0.1) is 6.61 Å². The van der Waals surface area contributed by atoms with E-state index in [1.54, 1.807) is 13.2 Å². The van der Waals surface area contributed by atoms with Crippen molar-refractivity contribution in [1.82, 2.24) is 5.32 Å². The van der Waals surface area contributed by atoms with Gasteiger partial charge in [0.1, 0.15) is 0 Å². The fourth-order valence-electron chi connectivity index (χ4n) is 1.36. The van der Waals surface area contributed by atoms with E-state index in [2.05, 4.69) is 21.2 Å². The summed E-state index contributed by atoms with van der Waals surface area (Å²) in [6.45, 7) is 2.41. The molecule has 1 aromatic rings. The largest absolute Gasteiger partial charge is 0.383 e. The first kappa shape index (κ1) is 13.9. The van der Waals surface area contributed by atoms with Crippen LogP contribution >= 0.6 is 15.9 Å². The highest BCUT2D eigenvalue weighted by Gasteiger charge is 2.02. The Morgan fingerprint density at radius 1 is 1.59 bits per heavy atom. The Balaban J connectivity index is 2.51. The second-order valence-corrected chi connectivity index (χ2v) is 4.67. The number of rotatable bonds is 5. The molecule has 0 fully saturated rings. The Hall–Kier alpha value is -1.13. The van der Waals surface area contributed by atoms with Gasteiger partial charge in [0, 0.05) is 23.7 Å². The minimum absolute atomic E-state index is 0.0136. The molecule has 3 nitrogen and oxygen atoms in total. The number of nitrogens with one attached hydrogen (secondary N) is 1. The third-order valence-electron chi connectivity index (χ3n) is 2.08. The molecule has 0 aliphatic heterocycles. The maximum atomic E-state index is 11.5. The van der Waals surface area contributed by atoms with Crippen molar-refractivity contribution in [1.29, 1.82) is 0 Å². The van der Waals surface area contributed by atoms with Crippen LogP contribution in [0.4, 0.5) is 0 Å². The molecule has 17 heavy (non-hydrogen) atoms. The van der Waals surface area contributed by atoms with Gasteiger partial charge in [0.15, 0.2) is 0 Å². The molecule has 4 heteroatoms. The molecule has 0 unspecified atom stereocenters. The lowest BCUT2D eigenvalue weighted by Gasteiger charge is -2.10. The Morgan fingerprint density at radius 2 is 2.35 bits per heavy atom. The first-order valence-corrected chi connectivity index (χ1v) is 6.14. The van der Waals surface area contributed by atoms with Gasteiger partial charge < -0.3 is 10.1 Å². The summed E-state index contributed by atoms with van der Waals surface area (Å²) < 4.78 is 5.93. The molecule has 1 N–H and O–H groups in total. The maximum Gasteiger partial charge on any atom is 0.244 e. The quantitative estimate of drug-likeness (QED) is 0.849. The summed E-state index contributed by atoms with van der Waals surface area (Å²) in [4.78, 5) is 11.5. The van der Waals surface area contributed by atoms with Crippen molar-refractivity contribution in [3.8, 4) is 0 Å². The summed E-state index contributed by atoms with van der Waals surface area (Å²) in [7, 11) is 1.61. The van der Waals surface area contributed by atoms with Crippen molar-refractivity contribution in [3.63, 3.8) is 0 Å². The van der Waals surface area contributed by atoms with Gasteiger partial charge in [-0.15, -0.1) is 0 Å². The van der Waals surface area contributed by atoms with Crippen molar-refractivity contribution in [2.24, 2.45) is 0 Å². The molecule has 1 aromatic carbocycles. The molecule has 0 spiro atoms. The third-order valence-corrected chi connectivity index (χ3v) is 2.57.